The fourth-order valence-electron chi connectivity index (χ4n) is 2.47. The number of amides is 3. The van der Waals surface area contributed by atoms with Crippen molar-refractivity contribution in [3.05, 3.63) is 0 Å². The van der Waals surface area contributed by atoms with Crippen LogP contribution in [0.2, 0.25) is 0 Å². The standard InChI is InChI=1S/C12H21N3O4/c1-4-12(10(17)18)6-5-7-15(12)11(19)14(3)8-9(16)13-2/h4-8H2,1-3H3,(H,13,16)(H,17,18). The zero-order valence-corrected chi connectivity index (χ0v) is 11.6. The number of likely N-dealkylation sites (N-methyl/N-ethyl adjacent to an activating group) is 2. The van der Waals surface area contributed by atoms with Gasteiger partial charge in [-0.25, -0.2) is 9.59 Å². The molecule has 0 radical (unpaired) electrons. The first-order chi connectivity index (χ1) is 8.89. The van der Waals surface area contributed by atoms with Crippen molar-refractivity contribution in [1.29, 1.82) is 0 Å². The fraction of sp³-hybridized carbons (Fsp3) is 0.750. The number of carbonyl (C=O) groups is 3. The molecule has 19 heavy (non-hydrogen) atoms. The second-order valence-corrected chi connectivity index (χ2v) is 4.76. The third-order valence-electron chi connectivity index (χ3n) is 3.69. The molecule has 1 atom stereocenters. The van der Waals surface area contributed by atoms with Crippen molar-refractivity contribution in [3.8, 4) is 0 Å². The number of rotatable bonds is 4. The molecule has 108 valence electrons. The molecule has 1 aliphatic rings. The summed E-state index contributed by atoms with van der Waals surface area (Å²) in [4.78, 5) is 37.7. The van der Waals surface area contributed by atoms with E-state index in [0.29, 0.717) is 25.8 Å². The van der Waals surface area contributed by atoms with Crippen LogP contribution >= 0.6 is 0 Å². The molecule has 1 saturated heterocycles. The molecule has 7 nitrogen and oxygen atoms in total. The van der Waals surface area contributed by atoms with Gasteiger partial charge in [-0.05, 0) is 19.3 Å². The van der Waals surface area contributed by atoms with E-state index < -0.39 is 17.5 Å². The molecule has 0 aliphatic carbocycles. The summed E-state index contributed by atoms with van der Waals surface area (Å²) in [6, 6.07) is -0.412. The molecule has 0 aromatic heterocycles. The number of likely N-dealkylation sites (tertiary alicyclic amines) is 1. The van der Waals surface area contributed by atoms with E-state index in [1.807, 2.05) is 0 Å². The van der Waals surface area contributed by atoms with Gasteiger partial charge < -0.3 is 20.2 Å². The number of carbonyl (C=O) groups excluding carboxylic acids is 2. The number of urea groups is 1. The maximum absolute atomic E-state index is 12.3. The maximum atomic E-state index is 12.3. The van der Waals surface area contributed by atoms with Crippen molar-refractivity contribution in [1.82, 2.24) is 15.1 Å². The average Bonchev–Trinajstić information content (AvgIpc) is 2.82. The van der Waals surface area contributed by atoms with E-state index in [-0.39, 0.29) is 12.5 Å². The topological polar surface area (TPSA) is 90.0 Å². The first kappa shape index (κ1) is 15.3. The largest absolute Gasteiger partial charge is 0.479 e. The normalized spacial score (nSPS) is 22.2. The number of carboxylic acids is 1. The van der Waals surface area contributed by atoms with Crippen molar-refractivity contribution >= 4 is 17.9 Å². The summed E-state index contributed by atoms with van der Waals surface area (Å²) >= 11 is 0. The van der Waals surface area contributed by atoms with Crippen LogP contribution in [0, 0.1) is 0 Å². The van der Waals surface area contributed by atoms with Crippen molar-refractivity contribution in [2.75, 3.05) is 27.2 Å². The zero-order valence-electron chi connectivity index (χ0n) is 11.6. The van der Waals surface area contributed by atoms with Crippen LogP contribution < -0.4 is 5.32 Å². The predicted octanol–water partition coefficient (Wildman–Crippen LogP) is 0.113. The third-order valence-corrected chi connectivity index (χ3v) is 3.69. The highest BCUT2D eigenvalue weighted by atomic mass is 16.4. The molecule has 0 bridgehead atoms. The molecule has 0 saturated carbocycles. The smallest absolute Gasteiger partial charge is 0.329 e. The Morgan fingerprint density at radius 3 is 2.53 bits per heavy atom. The highest BCUT2D eigenvalue weighted by molar-refractivity contribution is 5.89. The van der Waals surface area contributed by atoms with Crippen LogP contribution in [0.4, 0.5) is 4.79 Å². The lowest BCUT2D eigenvalue weighted by Crippen LogP contribution is -2.56. The monoisotopic (exact) mass is 271 g/mol. The van der Waals surface area contributed by atoms with E-state index in [2.05, 4.69) is 5.32 Å². The van der Waals surface area contributed by atoms with Gasteiger partial charge in [0.15, 0.2) is 0 Å². The lowest BCUT2D eigenvalue weighted by Gasteiger charge is -2.36. The van der Waals surface area contributed by atoms with Gasteiger partial charge in [0.05, 0.1) is 0 Å². The van der Waals surface area contributed by atoms with Gasteiger partial charge in [0, 0.05) is 20.6 Å². The van der Waals surface area contributed by atoms with Crippen LogP contribution in [0.3, 0.4) is 0 Å². The van der Waals surface area contributed by atoms with Crippen LogP contribution in [-0.2, 0) is 9.59 Å². The maximum Gasteiger partial charge on any atom is 0.329 e. The summed E-state index contributed by atoms with van der Waals surface area (Å²) < 4.78 is 0. The van der Waals surface area contributed by atoms with E-state index >= 15 is 0 Å². The minimum absolute atomic E-state index is 0.0781. The lowest BCUT2D eigenvalue weighted by molar-refractivity contribution is -0.148. The fourth-order valence-corrected chi connectivity index (χ4v) is 2.47. The molecule has 1 rings (SSSR count). The Morgan fingerprint density at radius 2 is 2.05 bits per heavy atom. The summed E-state index contributed by atoms with van der Waals surface area (Å²) in [7, 11) is 2.99. The lowest BCUT2D eigenvalue weighted by atomic mass is 9.93. The number of nitrogens with zero attached hydrogens (tertiary/aromatic N) is 2. The number of carboxylic acid groups (broad SMARTS) is 1. The Morgan fingerprint density at radius 1 is 1.42 bits per heavy atom. The van der Waals surface area contributed by atoms with Gasteiger partial charge >= 0.3 is 12.0 Å². The van der Waals surface area contributed by atoms with Crippen LogP contribution in [0.25, 0.3) is 0 Å². The molecule has 1 unspecified atom stereocenters. The third kappa shape index (κ3) is 2.80. The molecule has 2 N–H and O–H groups in total. The van der Waals surface area contributed by atoms with Gasteiger partial charge in [-0.2, -0.15) is 0 Å². The first-order valence-corrected chi connectivity index (χ1v) is 6.35. The Balaban J connectivity index is 2.85. The second-order valence-electron chi connectivity index (χ2n) is 4.76. The molecule has 0 aromatic carbocycles. The highest BCUT2D eigenvalue weighted by Crippen LogP contribution is 2.33. The summed E-state index contributed by atoms with van der Waals surface area (Å²) in [6.45, 7) is 2.10. The Bertz CT molecular complexity index is 385. The summed E-state index contributed by atoms with van der Waals surface area (Å²) in [5, 5.41) is 11.8. The van der Waals surface area contributed by atoms with E-state index in [9.17, 15) is 19.5 Å². The molecular weight excluding hydrogens is 250 g/mol. The minimum Gasteiger partial charge on any atom is -0.479 e. The number of hydrogen-bond donors (Lipinski definition) is 2. The van der Waals surface area contributed by atoms with E-state index in [1.165, 1.54) is 23.9 Å². The van der Waals surface area contributed by atoms with Gasteiger partial charge in [0.25, 0.3) is 0 Å². The summed E-state index contributed by atoms with van der Waals surface area (Å²) in [6.07, 6.45) is 1.49. The highest BCUT2D eigenvalue weighted by Gasteiger charge is 2.49. The minimum atomic E-state index is -1.13. The van der Waals surface area contributed by atoms with Crippen LogP contribution in [0.1, 0.15) is 26.2 Å². The molecule has 7 heteroatoms. The van der Waals surface area contributed by atoms with Crippen LogP contribution in [0.15, 0.2) is 0 Å². The van der Waals surface area contributed by atoms with Gasteiger partial charge in [-0.3, -0.25) is 4.79 Å². The second kappa shape index (κ2) is 5.90. The molecule has 3 amide bonds. The van der Waals surface area contributed by atoms with Crippen LogP contribution in [-0.4, -0.2) is 65.5 Å². The molecule has 1 aliphatic heterocycles. The number of hydrogen-bond acceptors (Lipinski definition) is 3. The zero-order chi connectivity index (χ0) is 14.6. The predicted molar refractivity (Wildman–Crippen MR) is 68.7 cm³/mol. The quantitative estimate of drug-likeness (QED) is 0.759. The van der Waals surface area contributed by atoms with E-state index in [0.717, 1.165) is 0 Å². The van der Waals surface area contributed by atoms with E-state index in [1.54, 1.807) is 6.92 Å². The van der Waals surface area contributed by atoms with Crippen molar-refractivity contribution in [3.63, 3.8) is 0 Å². The Kier molecular flexibility index (Phi) is 4.74. The van der Waals surface area contributed by atoms with Crippen molar-refractivity contribution in [2.45, 2.75) is 31.7 Å². The SMILES string of the molecule is CCC1(C(=O)O)CCCN1C(=O)N(C)CC(=O)NC. The van der Waals surface area contributed by atoms with Gasteiger partial charge in [0.1, 0.15) is 12.1 Å². The van der Waals surface area contributed by atoms with Crippen molar-refractivity contribution in [2.24, 2.45) is 0 Å². The molecule has 0 aromatic rings. The molecule has 0 spiro atoms. The molecule has 1 heterocycles. The summed E-state index contributed by atoms with van der Waals surface area (Å²) in [5.41, 5.74) is -1.13. The van der Waals surface area contributed by atoms with Gasteiger partial charge in [-0.15, -0.1) is 0 Å². The summed E-state index contributed by atoms with van der Waals surface area (Å²) in [5.74, 6) is -1.26. The molecular formula is C12H21N3O4. The van der Waals surface area contributed by atoms with E-state index in [4.69, 9.17) is 0 Å². The molecule has 1 fully saturated rings. The van der Waals surface area contributed by atoms with Gasteiger partial charge in [-0.1, -0.05) is 6.92 Å². The Labute approximate surface area is 112 Å². The van der Waals surface area contributed by atoms with Gasteiger partial charge in [0.2, 0.25) is 5.91 Å². The average molecular weight is 271 g/mol. The van der Waals surface area contributed by atoms with Crippen molar-refractivity contribution < 1.29 is 19.5 Å². The number of aliphatic carboxylic acids is 1. The first-order valence-electron chi connectivity index (χ1n) is 6.35. The Hall–Kier alpha value is -1.79. The number of nitrogens with one attached hydrogen (secondary N) is 1. The van der Waals surface area contributed by atoms with Crippen LogP contribution in [0.5, 0.6) is 0 Å².